The van der Waals surface area contributed by atoms with Gasteiger partial charge in [-0.3, -0.25) is 9.78 Å². The van der Waals surface area contributed by atoms with Crippen molar-refractivity contribution >= 4 is 34.6 Å². The van der Waals surface area contributed by atoms with E-state index in [1.807, 2.05) is 42.6 Å². The Labute approximate surface area is 235 Å². The summed E-state index contributed by atoms with van der Waals surface area (Å²) in [7, 11) is 3.08. The summed E-state index contributed by atoms with van der Waals surface area (Å²) in [4.78, 5) is 19.2. The third kappa shape index (κ3) is 5.38. The van der Waals surface area contributed by atoms with Crippen LogP contribution in [0.1, 0.15) is 72.9 Å². The minimum absolute atomic E-state index is 0.0470. The summed E-state index contributed by atoms with van der Waals surface area (Å²) in [5, 5.41) is 7.08. The van der Waals surface area contributed by atoms with E-state index in [2.05, 4.69) is 40.0 Å². The number of anilines is 2. The summed E-state index contributed by atoms with van der Waals surface area (Å²) in [6, 6.07) is 14.3. The van der Waals surface area contributed by atoms with Crippen LogP contribution in [0.25, 0.3) is 0 Å². The van der Waals surface area contributed by atoms with Gasteiger partial charge in [0.1, 0.15) is 12.4 Å². The van der Waals surface area contributed by atoms with E-state index in [1.54, 1.807) is 7.11 Å². The third-order valence-electron chi connectivity index (χ3n) is 7.89. The lowest BCUT2D eigenvalue weighted by atomic mass is 9.94. The Balaban J connectivity index is 1.61. The van der Waals surface area contributed by atoms with Gasteiger partial charge in [-0.25, -0.2) is 0 Å². The normalized spacial score (nSPS) is 19.7. The Hall–Kier alpha value is -3.43. The van der Waals surface area contributed by atoms with Gasteiger partial charge in [0.15, 0.2) is 5.11 Å². The van der Waals surface area contributed by atoms with Crippen molar-refractivity contribution in [2.45, 2.75) is 64.1 Å². The van der Waals surface area contributed by atoms with Crippen molar-refractivity contribution in [1.82, 2.24) is 14.9 Å². The summed E-state index contributed by atoms with van der Waals surface area (Å²) >= 11 is 5.96. The molecule has 1 saturated carbocycles. The summed E-state index contributed by atoms with van der Waals surface area (Å²) in [5.74, 6) is 0.309. The highest BCUT2D eigenvalue weighted by atomic mass is 32.1. The molecular formula is C30H37N5O3S. The van der Waals surface area contributed by atoms with Gasteiger partial charge in [-0.2, -0.15) is 0 Å². The van der Waals surface area contributed by atoms with E-state index in [-0.39, 0.29) is 24.6 Å². The van der Waals surface area contributed by atoms with E-state index in [0.29, 0.717) is 22.6 Å². The first-order valence-corrected chi connectivity index (χ1v) is 14.0. The topological polar surface area (TPSA) is 80.7 Å². The van der Waals surface area contributed by atoms with Gasteiger partial charge in [0.2, 0.25) is 5.91 Å². The zero-order valence-electron chi connectivity index (χ0n) is 23.1. The molecule has 1 aliphatic heterocycles. The second kappa shape index (κ2) is 11.8. The number of benzene rings is 1. The van der Waals surface area contributed by atoms with Crippen LogP contribution < -0.4 is 20.3 Å². The predicted octanol–water partition coefficient (Wildman–Crippen LogP) is 5.78. The predicted molar refractivity (Wildman–Crippen MR) is 157 cm³/mol. The number of nitrogens with zero attached hydrogens (tertiary/aromatic N) is 3. The molecule has 3 aromatic rings. The number of ether oxygens (including phenoxy) is 2. The first-order valence-electron chi connectivity index (χ1n) is 13.6. The van der Waals surface area contributed by atoms with Gasteiger partial charge in [0, 0.05) is 36.4 Å². The second-order valence-electron chi connectivity index (χ2n) is 10.4. The standard InChI is InChI=1S/C30H37N5O3S/c1-19-16-23(20(2)34(19)21-10-6-5-7-11-21)29-28(24-12-8-9-15-31-24)33-30(39)35(29)22-13-14-26(38-4)25(17-22)32-27(36)18-37-3/h8-9,12-17,21,28-29H,5-7,10-11,18H2,1-4H3,(H,32,36)(H,33,39)/t28-,29+/m1/s1. The average Bonchev–Trinajstić information content (AvgIpc) is 3.44. The molecule has 3 heterocycles. The molecule has 0 unspecified atom stereocenters. The number of nitrogens with one attached hydrogen (secondary N) is 2. The first-order chi connectivity index (χ1) is 18.9. The molecule has 2 aliphatic rings. The van der Waals surface area contributed by atoms with Crippen molar-refractivity contribution < 1.29 is 14.3 Å². The van der Waals surface area contributed by atoms with E-state index < -0.39 is 0 Å². The molecule has 2 N–H and O–H groups in total. The van der Waals surface area contributed by atoms with Gasteiger partial charge in [-0.05, 0) is 80.9 Å². The van der Waals surface area contributed by atoms with Crippen LogP contribution >= 0.6 is 12.2 Å². The Morgan fingerprint density at radius 1 is 1.13 bits per heavy atom. The quantitative estimate of drug-likeness (QED) is 0.346. The molecule has 39 heavy (non-hydrogen) atoms. The SMILES string of the molecule is COCC(=O)Nc1cc(N2C(=S)N[C@H](c3ccccn3)[C@@H]2c2cc(C)n(C3CCCCC3)c2C)ccc1OC. The molecular weight excluding hydrogens is 510 g/mol. The molecule has 5 rings (SSSR count). The van der Waals surface area contributed by atoms with Gasteiger partial charge in [0.05, 0.1) is 30.6 Å². The van der Waals surface area contributed by atoms with Crippen LogP contribution in [0.4, 0.5) is 11.4 Å². The number of amides is 1. The Kier molecular flexibility index (Phi) is 8.18. The number of methoxy groups -OCH3 is 2. The molecule has 1 aromatic carbocycles. The zero-order chi connectivity index (χ0) is 27.5. The van der Waals surface area contributed by atoms with E-state index in [1.165, 1.54) is 56.2 Å². The van der Waals surface area contributed by atoms with E-state index in [0.717, 1.165) is 11.4 Å². The minimum atomic E-state index is -0.256. The minimum Gasteiger partial charge on any atom is -0.495 e. The summed E-state index contributed by atoms with van der Waals surface area (Å²) in [5.41, 5.74) is 6.11. The highest BCUT2D eigenvalue weighted by molar-refractivity contribution is 7.80. The number of pyridine rings is 1. The fraction of sp³-hybridized carbons (Fsp3) is 0.433. The maximum absolute atomic E-state index is 12.4. The molecule has 0 spiro atoms. The molecule has 0 bridgehead atoms. The average molecular weight is 548 g/mol. The molecule has 0 radical (unpaired) electrons. The molecule has 2 fully saturated rings. The molecule has 1 saturated heterocycles. The van der Waals surface area contributed by atoms with E-state index in [4.69, 9.17) is 26.7 Å². The number of hydrogen-bond acceptors (Lipinski definition) is 5. The van der Waals surface area contributed by atoms with Crippen molar-refractivity contribution in [2.75, 3.05) is 31.0 Å². The molecule has 2 atom stereocenters. The highest BCUT2D eigenvalue weighted by Crippen LogP contribution is 2.45. The number of aryl methyl sites for hydroxylation is 1. The number of thiocarbonyl (C=S) groups is 1. The molecule has 1 aliphatic carbocycles. The van der Waals surface area contributed by atoms with E-state index in [9.17, 15) is 4.79 Å². The maximum Gasteiger partial charge on any atom is 0.250 e. The Morgan fingerprint density at radius 2 is 1.92 bits per heavy atom. The summed E-state index contributed by atoms with van der Waals surface area (Å²) in [6.45, 7) is 4.40. The molecule has 9 heteroatoms. The second-order valence-corrected chi connectivity index (χ2v) is 10.7. The lowest BCUT2D eigenvalue weighted by molar-refractivity contribution is -0.119. The van der Waals surface area contributed by atoms with Gasteiger partial charge < -0.3 is 29.6 Å². The van der Waals surface area contributed by atoms with Gasteiger partial charge in [-0.1, -0.05) is 25.3 Å². The lowest BCUT2D eigenvalue weighted by Crippen LogP contribution is -2.30. The van der Waals surface area contributed by atoms with Crippen molar-refractivity contribution in [3.05, 3.63) is 71.3 Å². The molecule has 1 amide bonds. The van der Waals surface area contributed by atoms with Crippen molar-refractivity contribution in [1.29, 1.82) is 0 Å². The Morgan fingerprint density at radius 3 is 2.62 bits per heavy atom. The van der Waals surface area contributed by atoms with Crippen LogP contribution in [-0.4, -0.2) is 41.4 Å². The highest BCUT2D eigenvalue weighted by Gasteiger charge is 2.42. The third-order valence-corrected chi connectivity index (χ3v) is 8.21. The van der Waals surface area contributed by atoms with Crippen molar-refractivity contribution in [2.24, 2.45) is 0 Å². The van der Waals surface area contributed by atoms with Gasteiger partial charge in [0.25, 0.3) is 0 Å². The fourth-order valence-corrected chi connectivity index (χ4v) is 6.56. The van der Waals surface area contributed by atoms with Crippen LogP contribution in [0.3, 0.4) is 0 Å². The first kappa shape index (κ1) is 27.1. The number of carbonyl (C=O) groups excluding carboxylic acids is 1. The van der Waals surface area contributed by atoms with E-state index >= 15 is 0 Å². The molecule has 8 nitrogen and oxygen atoms in total. The van der Waals surface area contributed by atoms with Crippen LogP contribution in [0, 0.1) is 13.8 Å². The molecule has 2 aromatic heterocycles. The smallest absolute Gasteiger partial charge is 0.250 e. The van der Waals surface area contributed by atoms with Gasteiger partial charge in [-0.15, -0.1) is 0 Å². The fourth-order valence-electron chi connectivity index (χ4n) is 6.21. The number of aromatic nitrogens is 2. The van der Waals surface area contributed by atoms with Crippen LogP contribution in [0.2, 0.25) is 0 Å². The monoisotopic (exact) mass is 547 g/mol. The lowest BCUT2D eigenvalue weighted by Gasteiger charge is -2.30. The summed E-state index contributed by atoms with van der Waals surface area (Å²) < 4.78 is 13.1. The Bertz CT molecular complexity index is 1340. The van der Waals surface area contributed by atoms with Crippen LogP contribution in [0.15, 0.2) is 48.7 Å². The van der Waals surface area contributed by atoms with Crippen LogP contribution in [-0.2, 0) is 9.53 Å². The van der Waals surface area contributed by atoms with Crippen molar-refractivity contribution in [3.63, 3.8) is 0 Å². The largest absolute Gasteiger partial charge is 0.495 e. The number of rotatable bonds is 8. The maximum atomic E-state index is 12.4. The van der Waals surface area contributed by atoms with Crippen molar-refractivity contribution in [3.8, 4) is 5.75 Å². The summed E-state index contributed by atoms with van der Waals surface area (Å²) in [6.07, 6.45) is 8.12. The number of carbonyl (C=O) groups is 1. The molecule has 206 valence electrons. The van der Waals surface area contributed by atoms with Gasteiger partial charge >= 0.3 is 0 Å². The van der Waals surface area contributed by atoms with Crippen LogP contribution in [0.5, 0.6) is 5.75 Å². The zero-order valence-corrected chi connectivity index (χ0v) is 23.9. The number of hydrogen-bond donors (Lipinski definition) is 2.